The van der Waals surface area contributed by atoms with Crippen molar-refractivity contribution in [1.29, 1.82) is 0 Å². The molecule has 0 radical (unpaired) electrons. The summed E-state index contributed by atoms with van der Waals surface area (Å²) in [5.41, 5.74) is 0.340. The van der Waals surface area contributed by atoms with Gasteiger partial charge >= 0.3 is 18.0 Å². The number of alkyl carbamates (subject to hydrolysis) is 1. The van der Waals surface area contributed by atoms with Gasteiger partial charge in [-0.25, -0.2) is 14.4 Å². The fraction of sp³-hybridized carbons (Fsp3) is 0.564. The van der Waals surface area contributed by atoms with Crippen LogP contribution in [0.2, 0.25) is 5.02 Å². The van der Waals surface area contributed by atoms with Crippen molar-refractivity contribution in [2.75, 3.05) is 39.8 Å². The Morgan fingerprint density at radius 3 is 2.31 bits per heavy atom. The first-order chi connectivity index (χ1) is 27.5. The van der Waals surface area contributed by atoms with Gasteiger partial charge in [0.15, 0.2) is 12.4 Å². The molecule has 0 aromatic heterocycles. The molecule has 6 N–H and O–H groups in total. The topological polar surface area (TPSA) is 247 Å². The van der Waals surface area contributed by atoms with E-state index < -0.39 is 67.0 Å². The first-order valence-electron chi connectivity index (χ1n) is 18.6. The first kappa shape index (κ1) is 47.7. The molecule has 1 saturated heterocycles. The van der Waals surface area contributed by atoms with E-state index in [0.29, 0.717) is 43.5 Å². The summed E-state index contributed by atoms with van der Waals surface area (Å²) in [6.45, 7) is 4.91. The highest BCUT2D eigenvalue weighted by Crippen LogP contribution is 2.35. The van der Waals surface area contributed by atoms with Crippen molar-refractivity contribution in [2.24, 2.45) is 0 Å². The summed E-state index contributed by atoms with van der Waals surface area (Å²) in [5.74, 6) is -1.87. The molecule has 1 heterocycles. The normalized spacial score (nSPS) is 19.6. The number of methoxy groups -OCH3 is 3. The highest BCUT2D eigenvalue weighted by Gasteiger charge is 2.47. The van der Waals surface area contributed by atoms with E-state index in [1.54, 1.807) is 45.0 Å². The second-order valence-electron chi connectivity index (χ2n) is 14.3. The summed E-state index contributed by atoms with van der Waals surface area (Å²) < 4.78 is 37.2. The molecule has 0 saturated carbocycles. The van der Waals surface area contributed by atoms with Crippen LogP contribution in [-0.2, 0) is 44.7 Å². The van der Waals surface area contributed by atoms with E-state index in [1.807, 2.05) is 0 Å². The summed E-state index contributed by atoms with van der Waals surface area (Å²) in [6, 6.07) is 8.65. The van der Waals surface area contributed by atoms with Crippen molar-refractivity contribution < 1.29 is 72.5 Å². The number of hydrogen-bond acceptors (Lipinski definition) is 15. The predicted molar refractivity (Wildman–Crippen MR) is 207 cm³/mol. The van der Waals surface area contributed by atoms with Crippen molar-refractivity contribution in [3.63, 3.8) is 0 Å². The minimum atomic E-state index is -1.63. The largest absolute Gasteiger partial charge is 0.496 e. The molecule has 1 fully saturated rings. The Kier molecular flexibility index (Phi) is 18.9. The van der Waals surface area contributed by atoms with Crippen LogP contribution < -0.4 is 25.4 Å². The second-order valence-corrected chi connectivity index (χ2v) is 14.7. The van der Waals surface area contributed by atoms with Crippen LogP contribution in [0, 0.1) is 0 Å². The molecule has 2 aromatic rings. The zero-order valence-corrected chi connectivity index (χ0v) is 34.2. The summed E-state index contributed by atoms with van der Waals surface area (Å²) in [6.07, 6.45) is -5.87. The van der Waals surface area contributed by atoms with E-state index in [-0.39, 0.29) is 53.3 Å². The molecule has 3 rings (SSSR count). The number of anilines is 1. The molecule has 19 heteroatoms. The van der Waals surface area contributed by atoms with E-state index in [4.69, 9.17) is 44.8 Å². The van der Waals surface area contributed by atoms with Gasteiger partial charge in [-0.1, -0.05) is 23.7 Å². The van der Waals surface area contributed by atoms with Crippen molar-refractivity contribution in [1.82, 2.24) is 10.6 Å². The fourth-order valence-corrected chi connectivity index (χ4v) is 5.91. The van der Waals surface area contributed by atoms with Gasteiger partial charge in [-0.15, -0.1) is 0 Å². The third-order valence-corrected chi connectivity index (χ3v) is 8.90. The maximum Gasteiger partial charge on any atom is 0.408 e. The van der Waals surface area contributed by atoms with Gasteiger partial charge in [0, 0.05) is 38.2 Å². The number of halogens is 1. The number of rotatable bonds is 20. The number of amides is 3. The molecule has 0 spiro atoms. The molecule has 2 aromatic carbocycles. The molecule has 58 heavy (non-hydrogen) atoms. The van der Waals surface area contributed by atoms with E-state index in [0.717, 1.165) is 0 Å². The summed E-state index contributed by atoms with van der Waals surface area (Å²) in [4.78, 5) is 62.3. The number of benzene rings is 2. The van der Waals surface area contributed by atoms with Crippen LogP contribution in [0.3, 0.4) is 0 Å². The number of unbranched alkanes of at least 4 members (excludes halogenated alkanes) is 1. The zero-order chi connectivity index (χ0) is 43.0. The van der Waals surface area contributed by atoms with Crippen LogP contribution >= 0.6 is 11.6 Å². The molecule has 0 aliphatic carbocycles. The first-order valence-corrected chi connectivity index (χ1v) is 19.0. The van der Waals surface area contributed by atoms with Crippen molar-refractivity contribution in [3.8, 4) is 11.5 Å². The molecular formula is C39H54ClN3O15. The van der Waals surface area contributed by atoms with E-state index in [2.05, 4.69) is 16.0 Å². The summed E-state index contributed by atoms with van der Waals surface area (Å²) in [7, 11) is 3.79. The van der Waals surface area contributed by atoms with Crippen molar-refractivity contribution in [2.45, 2.75) is 108 Å². The molecule has 0 bridgehead atoms. The number of aliphatic hydroxyl groups excluding tert-OH is 3. The number of carbonyl (C=O) groups excluding carboxylic acids is 5. The van der Waals surface area contributed by atoms with Crippen LogP contribution in [0.15, 0.2) is 36.4 Å². The number of hydrogen-bond donors (Lipinski definition) is 6. The van der Waals surface area contributed by atoms with Crippen LogP contribution in [0.4, 0.5) is 10.5 Å². The average Bonchev–Trinajstić information content (AvgIpc) is 3.17. The van der Waals surface area contributed by atoms with E-state index in [9.17, 15) is 39.3 Å². The molecule has 1 aliphatic heterocycles. The van der Waals surface area contributed by atoms with Gasteiger partial charge in [0.2, 0.25) is 11.8 Å². The number of esters is 2. The van der Waals surface area contributed by atoms with Crippen LogP contribution in [0.1, 0.15) is 75.2 Å². The Bertz CT molecular complexity index is 1700. The summed E-state index contributed by atoms with van der Waals surface area (Å²) in [5, 5.41) is 38.3. The molecule has 3 amide bonds. The van der Waals surface area contributed by atoms with Crippen LogP contribution in [-0.4, -0.2) is 122 Å². The lowest BCUT2D eigenvalue weighted by Gasteiger charge is -2.40. The van der Waals surface area contributed by atoms with Gasteiger partial charge in [-0.05, 0) is 70.2 Å². The Morgan fingerprint density at radius 1 is 0.931 bits per heavy atom. The Hall–Kier alpha value is -4.72. The Balaban J connectivity index is 1.44. The maximum absolute atomic E-state index is 13.2. The molecule has 1 aliphatic rings. The highest BCUT2D eigenvalue weighted by atomic mass is 35.5. The van der Waals surface area contributed by atoms with E-state index in [1.165, 1.54) is 33.5 Å². The molecule has 6 atom stereocenters. The average molecular weight is 840 g/mol. The third-order valence-electron chi connectivity index (χ3n) is 8.61. The number of carbonyl (C=O) groups is 5. The second kappa shape index (κ2) is 23.0. The van der Waals surface area contributed by atoms with Crippen LogP contribution in [0.25, 0.3) is 0 Å². The fourth-order valence-electron chi connectivity index (χ4n) is 5.70. The quantitative estimate of drug-likeness (QED) is 0.0638. The SMILES string of the molecule is COC(=O)[C@H](CCCCNC(=O)CCCC(=O)Nc1cccc(COc2cc(OC)c(C(=O)O[C@H]3[C@@H](OC)O[C@H](CO)[C@@H](O)[C@@H]3O)cc2Cl)c1)NC(=O)OC(C)(C)C. The lowest BCUT2D eigenvalue weighted by Crippen LogP contribution is -2.60. The minimum absolute atomic E-state index is 0.0190. The monoisotopic (exact) mass is 839 g/mol. The summed E-state index contributed by atoms with van der Waals surface area (Å²) >= 11 is 6.46. The van der Waals surface area contributed by atoms with Gasteiger partial charge in [0.05, 0.1) is 25.8 Å². The Labute approximate surface area is 341 Å². The molecule has 18 nitrogen and oxygen atoms in total. The van der Waals surface area contributed by atoms with Crippen molar-refractivity contribution >= 4 is 47.1 Å². The molecular weight excluding hydrogens is 786 g/mol. The third kappa shape index (κ3) is 14.9. The minimum Gasteiger partial charge on any atom is -0.496 e. The maximum atomic E-state index is 13.2. The lowest BCUT2D eigenvalue weighted by atomic mass is 9.99. The zero-order valence-electron chi connectivity index (χ0n) is 33.4. The van der Waals surface area contributed by atoms with Gasteiger partial charge in [0.1, 0.15) is 53.6 Å². The number of nitrogens with one attached hydrogen (secondary N) is 3. The van der Waals surface area contributed by atoms with Gasteiger partial charge in [-0.2, -0.15) is 0 Å². The van der Waals surface area contributed by atoms with Gasteiger partial charge in [0.25, 0.3) is 0 Å². The number of aliphatic hydroxyl groups is 3. The van der Waals surface area contributed by atoms with Gasteiger partial charge < -0.3 is 64.4 Å². The van der Waals surface area contributed by atoms with Crippen molar-refractivity contribution in [3.05, 3.63) is 52.5 Å². The highest BCUT2D eigenvalue weighted by molar-refractivity contribution is 6.32. The van der Waals surface area contributed by atoms with E-state index >= 15 is 0 Å². The Morgan fingerprint density at radius 2 is 1.66 bits per heavy atom. The predicted octanol–water partition coefficient (Wildman–Crippen LogP) is 3.00. The molecule has 322 valence electrons. The standard InChI is InChI=1S/C39H54ClN3O15/c1-39(2,3)58-38(51)43-26(36(50)53-5)13-7-8-16-41-30(45)14-10-15-31(46)42-23-12-9-11-22(17-23)21-55-28-19-27(52-4)24(18-25(28)40)35(49)57-34-33(48)32(47)29(20-44)56-37(34)54-6/h9,11-12,17-19,26,29,32-34,37,44,47-48H,7-8,10,13-16,20-21H2,1-6H3,(H,41,45)(H,42,46)(H,43,51)/t26-,29+,32+,33-,34+,37-/m0/s1. The number of ether oxygens (including phenoxy) is 7. The molecule has 0 unspecified atom stereocenters. The van der Waals surface area contributed by atoms with Crippen LogP contribution in [0.5, 0.6) is 11.5 Å². The lowest BCUT2D eigenvalue weighted by molar-refractivity contribution is -0.293. The smallest absolute Gasteiger partial charge is 0.408 e. The van der Waals surface area contributed by atoms with Gasteiger partial charge in [-0.3, -0.25) is 9.59 Å².